The van der Waals surface area contributed by atoms with Crippen molar-refractivity contribution in [2.24, 2.45) is 0 Å². The molecule has 2 N–H and O–H groups in total. The molecule has 0 aromatic heterocycles. The first kappa shape index (κ1) is 15.0. The number of nitrogens with zero attached hydrogens (tertiary/aromatic N) is 2. The number of rotatable bonds is 5. The topological polar surface area (TPSA) is 49.6 Å². The third-order valence-corrected chi connectivity index (χ3v) is 3.49. The van der Waals surface area contributed by atoms with Gasteiger partial charge >= 0.3 is 0 Å². The van der Waals surface area contributed by atoms with E-state index < -0.39 is 0 Å². The molecule has 1 aromatic carbocycles. The molecule has 0 aliphatic heterocycles. The van der Waals surface area contributed by atoms with Gasteiger partial charge in [0.1, 0.15) is 0 Å². The Kier molecular flexibility index (Phi) is 5.62. The number of anilines is 1. The Balaban J connectivity index is 2.68. The average Bonchev–Trinajstić information content (AvgIpc) is 2.32. The van der Waals surface area contributed by atoms with Crippen molar-refractivity contribution >= 4 is 27.5 Å². The highest BCUT2D eigenvalue weighted by molar-refractivity contribution is 9.10. The van der Waals surface area contributed by atoms with E-state index in [-0.39, 0.29) is 5.91 Å². The highest BCUT2D eigenvalue weighted by atomic mass is 79.9. The van der Waals surface area contributed by atoms with Gasteiger partial charge in [0.25, 0.3) is 0 Å². The molecule has 1 aromatic rings. The van der Waals surface area contributed by atoms with Crippen LogP contribution in [0.2, 0.25) is 0 Å². The summed E-state index contributed by atoms with van der Waals surface area (Å²) >= 11 is 3.37. The van der Waals surface area contributed by atoms with Gasteiger partial charge in [-0.2, -0.15) is 0 Å². The molecule has 0 aliphatic carbocycles. The van der Waals surface area contributed by atoms with E-state index in [0.29, 0.717) is 6.54 Å². The Morgan fingerprint density at radius 1 is 1.39 bits per heavy atom. The van der Waals surface area contributed by atoms with E-state index in [0.717, 1.165) is 28.8 Å². The number of nitrogens with two attached hydrogens (primary N) is 1. The zero-order valence-electron chi connectivity index (χ0n) is 11.1. The first-order chi connectivity index (χ1) is 8.43. The molecule has 4 nitrogen and oxygen atoms in total. The number of carbonyl (C=O) groups excluding carboxylic acids is 1. The van der Waals surface area contributed by atoms with Crippen LogP contribution in [0.5, 0.6) is 0 Å². The number of halogens is 1. The molecule has 1 rings (SSSR count). The predicted octanol–water partition coefficient (Wildman–Crippen LogP) is 1.94. The van der Waals surface area contributed by atoms with Gasteiger partial charge in [-0.25, -0.2) is 0 Å². The van der Waals surface area contributed by atoms with Crippen molar-refractivity contribution < 1.29 is 4.79 Å². The van der Waals surface area contributed by atoms with E-state index in [1.807, 2.05) is 25.1 Å². The van der Waals surface area contributed by atoms with Gasteiger partial charge in [0.15, 0.2) is 0 Å². The van der Waals surface area contributed by atoms with Crippen molar-refractivity contribution in [1.29, 1.82) is 0 Å². The molecular weight excluding hydrogens is 294 g/mol. The lowest BCUT2D eigenvalue weighted by atomic mass is 10.2. The zero-order chi connectivity index (χ0) is 13.7. The SMILES string of the molecule is CCN(CC(=O)N(C)C)Cc1ccc(Br)c(N)c1. The molecule has 5 heteroatoms. The van der Waals surface area contributed by atoms with Crippen LogP contribution in [-0.2, 0) is 11.3 Å². The van der Waals surface area contributed by atoms with Crippen molar-refractivity contribution in [1.82, 2.24) is 9.80 Å². The van der Waals surface area contributed by atoms with Gasteiger partial charge in [0.2, 0.25) is 5.91 Å². The maximum absolute atomic E-state index is 11.7. The summed E-state index contributed by atoms with van der Waals surface area (Å²) in [7, 11) is 3.54. The summed E-state index contributed by atoms with van der Waals surface area (Å²) in [5.41, 5.74) is 7.69. The van der Waals surface area contributed by atoms with E-state index in [2.05, 4.69) is 20.8 Å². The van der Waals surface area contributed by atoms with E-state index in [1.165, 1.54) is 0 Å². The van der Waals surface area contributed by atoms with Gasteiger partial charge < -0.3 is 10.6 Å². The molecule has 0 atom stereocenters. The van der Waals surface area contributed by atoms with Crippen molar-refractivity contribution in [3.05, 3.63) is 28.2 Å². The Morgan fingerprint density at radius 3 is 2.56 bits per heavy atom. The van der Waals surface area contributed by atoms with E-state index in [1.54, 1.807) is 19.0 Å². The van der Waals surface area contributed by atoms with Crippen molar-refractivity contribution in [2.45, 2.75) is 13.5 Å². The van der Waals surface area contributed by atoms with Gasteiger partial charge in [-0.1, -0.05) is 13.0 Å². The summed E-state index contributed by atoms with van der Waals surface area (Å²) in [6.45, 7) is 4.04. The Hall–Kier alpha value is -1.07. The lowest BCUT2D eigenvalue weighted by molar-refractivity contribution is -0.130. The minimum absolute atomic E-state index is 0.113. The summed E-state index contributed by atoms with van der Waals surface area (Å²) in [5.74, 6) is 0.113. The maximum Gasteiger partial charge on any atom is 0.236 e. The minimum atomic E-state index is 0.113. The highest BCUT2D eigenvalue weighted by Gasteiger charge is 2.11. The number of carbonyl (C=O) groups is 1. The second kappa shape index (κ2) is 6.75. The molecule has 0 aliphatic rings. The lowest BCUT2D eigenvalue weighted by Crippen LogP contribution is -2.36. The molecule has 100 valence electrons. The fourth-order valence-corrected chi connectivity index (χ4v) is 1.81. The van der Waals surface area contributed by atoms with E-state index in [9.17, 15) is 4.79 Å². The van der Waals surface area contributed by atoms with Crippen LogP contribution < -0.4 is 5.73 Å². The Morgan fingerprint density at radius 2 is 2.06 bits per heavy atom. The molecular formula is C13H20BrN3O. The number of hydrogen-bond acceptors (Lipinski definition) is 3. The summed E-state index contributed by atoms with van der Waals surface area (Å²) < 4.78 is 0.902. The third-order valence-electron chi connectivity index (χ3n) is 2.77. The molecule has 0 unspecified atom stereocenters. The molecule has 0 spiro atoms. The molecule has 0 saturated carbocycles. The fourth-order valence-electron chi connectivity index (χ4n) is 1.56. The Bertz CT molecular complexity index is 421. The maximum atomic E-state index is 11.7. The van der Waals surface area contributed by atoms with E-state index >= 15 is 0 Å². The van der Waals surface area contributed by atoms with Gasteiger partial charge in [0.05, 0.1) is 6.54 Å². The smallest absolute Gasteiger partial charge is 0.236 e. The summed E-state index contributed by atoms with van der Waals surface area (Å²) in [4.78, 5) is 15.4. The minimum Gasteiger partial charge on any atom is -0.398 e. The number of amides is 1. The number of benzene rings is 1. The summed E-state index contributed by atoms with van der Waals surface area (Å²) in [6.07, 6.45) is 0. The predicted molar refractivity (Wildman–Crippen MR) is 78.2 cm³/mol. The van der Waals surface area contributed by atoms with Gasteiger partial charge in [-0.05, 0) is 40.2 Å². The molecule has 0 radical (unpaired) electrons. The first-order valence-electron chi connectivity index (χ1n) is 5.90. The fraction of sp³-hybridized carbons (Fsp3) is 0.462. The lowest BCUT2D eigenvalue weighted by Gasteiger charge is -2.22. The van der Waals surface area contributed by atoms with Gasteiger partial charge in [0, 0.05) is 30.8 Å². The van der Waals surface area contributed by atoms with Crippen LogP contribution in [0.1, 0.15) is 12.5 Å². The van der Waals surface area contributed by atoms with Crippen LogP contribution in [0.25, 0.3) is 0 Å². The molecule has 1 amide bonds. The quantitative estimate of drug-likeness (QED) is 0.845. The molecule has 0 fully saturated rings. The number of hydrogen-bond donors (Lipinski definition) is 1. The number of nitrogen functional groups attached to an aromatic ring is 1. The standard InChI is InChI=1S/C13H20BrN3O/c1-4-17(9-13(18)16(2)3)8-10-5-6-11(14)12(15)7-10/h5-7H,4,8-9,15H2,1-3H3. The van der Waals surface area contributed by atoms with Crippen LogP contribution in [0.15, 0.2) is 22.7 Å². The normalized spacial score (nSPS) is 10.7. The van der Waals surface area contributed by atoms with Gasteiger partial charge in [-0.15, -0.1) is 0 Å². The van der Waals surface area contributed by atoms with Crippen molar-refractivity contribution in [3.63, 3.8) is 0 Å². The van der Waals surface area contributed by atoms with Gasteiger partial charge in [-0.3, -0.25) is 9.69 Å². The monoisotopic (exact) mass is 313 g/mol. The van der Waals surface area contributed by atoms with Crippen LogP contribution in [0, 0.1) is 0 Å². The Labute approximate surface area is 117 Å². The molecule has 0 saturated heterocycles. The second-order valence-electron chi connectivity index (χ2n) is 4.45. The van der Waals surface area contributed by atoms with Crippen LogP contribution >= 0.6 is 15.9 Å². The summed E-state index contributed by atoms with van der Waals surface area (Å²) in [6, 6.07) is 5.89. The molecule has 0 heterocycles. The van der Waals surface area contributed by atoms with E-state index in [4.69, 9.17) is 5.73 Å². The third kappa shape index (κ3) is 4.31. The first-order valence-corrected chi connectivity index (χ1v) is 6.69. The average molecular weight is 314 g/mol. The molecule has 0 bridgehead atoms. The van der Waals surface area contributed by atoms with Crippen LogP contribution in [-0.4, -0.2) is 42.9 Å². The highest BCUT2D eigenvalue weighted by Crippen LogP contribution is 2.20. The van der Waals surface area contributed by atoms with Crippen LogP contribution in [0.3, 0.4) is 0 Å². The van der Waals surface area contributed by atoms with Crippen molar-refractivity contribution in [2.75, 3.05) is 32.9 Å². The van der Waals surface area contributed by atoms with Crippen LogP contribution in [0.4, 0.5) is 5.69 Å². The molecule has 18 heavy (non-hydrogen) atoms. The largest absolute Gasteiger partial charge is 0.398 e. The van der Waals surface area contributed by atoms with Crippen molar-refractivity contribution in [3.8, 4) is 0 Å². The zero-order valence-corrected chi connectivity index (χ0v) is 12.7. The second-order valence-corrected chi connectivity index (χ2v) is 5.30. The number of likely N-dealkylation sites (N-methyl/N-ethyl adjacent to an activating group) is 2. The summed E-state index contributed by atoms with van der Waals surface area (Å²) in [5, 5.41) is 0.